The van der Waals surface area contributed by atoms with Crippen LogP contribution >= 0.6 is 0 Å². The van der Waals surface area contributed by atoms with Crippen molar-refractivity contribution in [2.75, 3.05) is 116 Å². The van der Waals surface area contributed by atoms with Crippen molar-refractivity contribution in [1.82, 2.24) is 0 Å². The van der Waals surface area contributed by atoms with Gasteiger partial charge in [0.25, 0.3) is 11.8 Å². The van der Waals surface area contributed by atoms with E-state index >= 15 is 0 Å². The van der Waals surface area contributed by atoms with E-state index in [0.717, 1.165) is 11.1 Å². The van der Waals surface area contributed by atoms with Crippen molar-refractivity contribution < 1.29 is 61.7 Å². The molecule has 0 bridgehead atoms. The van der Waals surface area contributed by atoms with Gasteiger partial charge >= 0.3 is 0 Å². The largest absolute Gasteiger partial charge is 0.487 e. The predicted molar refractivity (Wildman–Crippen MR) is 221 cm³/mol. The lowest BCUT2D eigenvalue weighted by molar-refractivity contribution is 0.00708. The summed E-state index contributed by atoms with van der Waals surface area (Å²) < 4.78 is 63.9. The molecule has 0 radical (unpaired) electrons. The van der Waals surface area contributed by atoms with Gasteiger partial charge in [-0.25, -0.2) is 0 Å². The Balaban J connectivity index is 1.09. The quantitative estimate of drug-likeness (QED) is 0.238. The van der Waals surface area contributed by atoms with Crippen LogP contribution in [-0.4, -0.2) is 118 Å². The molecule has 4 aromatic carbocycles. The molecule has 0 spiro atoms. The van der Waals surface area contributed by atoms with Crippen LogP contribution in [0, 0.1) is 0 Å². The molecule has 0 fully saturated rings. The van der Waals surface area contributed by atoms with Crippen molar-refractivity contribution in [3.05, 3.63) is 95.1 Å². The van der Waals surface area contributed by atoms with Gasteiger partial charge in [-0.2, -0.15) is 0 Å². The molecule has 0 saturated carbocycles. The molecule has 0 saturated heterocycles. The highest BCUT2D eigenvalue weighted by molar-refractivity contribution is 6.08. The number of para-hydroxylation sites is 2. The van der Waals surface area contributed by atoms with Crippen LogP contribution in [-0.2, 0) is 33.8 Å². The minimum atomic E-state index is -0.635. The minimum absolute atomic E-state index is 0.269. The molecular weight excluding hydrogens is 776 g/mol. The van der Waals surface area contributed by atoms with Crippen molar-refractivity contribution in [1.29, 1.82) is 0 Å². The lowest BCUT2D eigenvalue weighted by atomic mass is 9.74. The average Bonchev–Trinajstić information content (AvgIpc) is 3.26. The van der Waals surface area contributed by atoms with Gasteiger partial charge in [-0.3, -0.25) is 9.59 Å². The first-order valence-electron chi connectivity index (χ1n) is 20.2. The Kier molecular flexibility index (Phi) is 15.1. The monoisotopic (exact) mass is 828 g/mol. The highest BCUT2D eigenvalue weighted by Crippen LogP contribution is 2.50. The molecule has 4 aromatic rings. The van der Waals surface area contributed by atoms with Gasteiger partial charge < -0.3 is 62.7 Å². The molecule has 0 aliphatic carbocycles. The van der Waals surface area contributed by atoms with Crippen molar-refractivity contribution in [3.8, 4) is 34.5 Å². The molecule has 0 aromatic heterocycles. The topological polar surface area (TPSA) is 160 Å². The molecule has 3 aliphatic heterocycles. The molecule has 2 N–H and O–H groups in total. The summed E-state index contributed by atoms with van der Waals surface area (Å²) in [5.74, 6) is 1.80. The highest BCUT2D eigenvalue weighted by Gasteiger charge is 2.38. The summed E-state index contributed by atoms with van der Waals surface area (Å²) in [4.78, 5) is 28.2. The second-order valence-electron chi connectivity index (χ2n) is 14.4. The smallest absolute Gasteiger partial charge is 0.259 e. The molecule has 3 heterocycles. The molecule has 15 heteroatoms. The third-order valence-corrected chi connectivity index (χ3v) is 9.90. The van der Waals surface area contributed by atoms with E-state index in [1.165, 1.54) is 0 Å². The Morgan fingerprint density at radius 3 is 1.13 bits per heavy atom. The van der Waals surface area contributed by atoms with Crippen LogP contribution in [0.25, 0.3) is 0 Å². The summed E-state index contributed by atoms with van der Waals surface area (Å²) in [6.07, 6.45) is 0. The van der Waals surface area contributed by atoms with Gasteiger partial charge in [-0.05, 0) is 36.4 Å². The fourth-order valence-electron chi connectivity index (χ4n) is 6.84. The molecule has 3 aliphatic rings. The summed E-state index contributed by atoms with van der Waals surface area (Å²) in [6.45, 7) is 10.3. The van der Waals surface area contributed by atoms with Gasteiger partial charge in [0, 0.05) is 40.0 Å². The molecule has 2 amide bonds. The van der Waals surface area contributed by atoms with Crippen molar-refractivity contribution in [3.63, 3.8) is 0 Å². The van der Waals surface area contributed by atoms with Gasteiger partial charge in [0.2, 0.25) is 0 Å². The van der Waals surface area contributed by atoms with Crippen LogP contribution in [0.4, 0.5) is 11.4 Å². The fraction of sp³-hybridized carbons (Fsp3) is 0.422. The van der Waals surface area contributed by atoms with Crippen LogP contribution in [0.15, 0.2) is 72.8 Å². The number of anilines is 2. The predicted octanol–water partition coefficient (Wildman–Crippen LogP) is 6.26. The maximum absolute atomic E-state index is 14.1. The summed E-state index contributed by atoms with van der Waals surface area (Å²) in [5.41, 5.74) is 2.52. The van der Waals surface area contributed by atoms with Crippen LogP contribution in [0.3, 0.4) is 0 Å². The first-order valence-corrected chi connectivity index (χ1v) is 20.2. The summed E-state index contributed by atoms with van der Waals surface area (Å²) >= 11 is 0. The molecular formula is C45H52N2O13. The van der Waals surface area contributed by atoms with Gasteiger partial charge in [-0.1, -0.05) is 38.1 Å². The van der Waals surface area contributed by atoms with E-state index in [1.807, 2.05) is 38.1 Å². The Morgan fingerprint density at radius 2 is 0.767 bits per heavy atom. The summed E-state index contributed by atoms with van der Waals surface area (Å²) in [5, 5.41) is 6.00. The third-order valence-electron chi connectivity index (χ3n) is 9.90. The van der Waals surface area contributed by atoms with E-state index < -0.39 is 17.2 Å². The lowest BCUT2D eigenvalue weighted by Crippen LogP contribution is -2.28. The highest BCUT2D eigenvalue weighted by atomic mass is 16.6. The second kappa shape index (κ2) is 21.2. The van der Waals surface area contributed by atoms with Crippen LogP contribution < -0.4 is 34.3 Å². The Labute approximate surface area is 349 Å². The molecule has 60 heavy (non-hydrogen) atoms. The lowest BCUT2D eigenvalue weighted by Gasteiger charge is -2.36. The van der Waals surface area contributed by atoms with Crippen LogP contribution in [0.5, 0.6) is 34.5 Å². The van der Waals surface area contributed by atoms with Gasteiger partial charge in [0.05, 0.1) is 90.4 Å². The Bertz CT molecular complexity index is 1930. The normalized spacial score (nSPS) is 18.0. The van der Waals surface area contributed by atoms with E-state index in [0.29, 0.717) is 149 Å². The van der Waals surface area contributed by atoms with Crippen molar-refractivity contribution >= 4 is 23.2 Å². The first-order chi connectivity index (χ1) is 29.4. The Hall–Kier alpha value is -5.42. The van der Waals surface area contributed by atoms with E-state index in [2.05, 4.69) is 10.6 Å². The van der Waals surface area contributed by atoms with E-state index in [-0.39, 0.29) is 13.2 Å². The third kappa shape index (κ3) is 11.0. The summed E-state index contributed by atoms with van der Waals surface area (Å²) in [6, 6.07) is 21.3. The van der Waals surface area contributed by atoms with E-state index in [1.54, 1.807) is 48.5 Å². The first kappa shape index (κ1) is 42.7. The number of hydrogen-bond acceptors (Lipinski definition) is 13. The minimum Gasteiger partial charge on any atom is -0.487 e. The second-order valence-corrected chi connectivity index (χ2v) is 14.4. The number of nitrogens with one attached hydrogen (secondary N) is 2. The Morgan fingerprint density at radius 1 is 0.433 bits per heavy atom. The average molecular weight is 829 g/mol. The molecule has 0 unspecified atom stereocenters. The molecule has 15 nitrogen and oxygen atoms in total. The van der Waals surface area contributed by atoms with E-state index in [9.17, 15) is 9.59 Å². The zero-order valence-electron chi connectivity index (χ0n) is 34.0. The number of benzene rings is 4. The van der Waals surface area contributed by atoms with Crippen molar-refractivity contribution in [2.24, 2.45) is 0 Å². The van der Waals surface area contributed by atoms with E-state index in [4.69, 9.17) is 52.1 Å². The molecule has 320 valence electrons. The number of fused-ring (bicyclic) bond motifs is 4. The number of carbonyl (C=O) groups is 2. The van der Waals surface area contributed by atoms with Gasteiger partial charge in [0.1, 0.15) is 37.9 Å². The number of ether oxygens (including phenoxy) is 11. The van der Waals surface area contributed by atoms with Crippen molar-refractivity contribution in [2.45, 2.75) is 19.3 Å². The fourth-order valence-corrected chi connectivity index (χ4v) is 6.84. The SMILES string of the molecule is CC1(C)c2cccc(C(=O)Nc3ccc4c(c3)OCCOCCOCCOCCO4)c2Oc2c(C(=O)Nc3ccc4c(c3)OCCOCCOCCOCCO4)cccc21. The van der Waals surface area contributed by atoms with Crippen LogP contribution in [0.1, 0.15) is 45.7 Å². The molecule has 7 rings (SSSR count). The molecule has 0 atom stereocenters. The zero-order valence-corrected chi connectivity index (χ0v) is 34.0. The zero-order chi connectivity index (χ0) is 41.6. The number of carbonyl (C=O) groups excluding carboxylic acids is 2. The maximum atomic E-state index is 14.1. The summed E-state index contributed by atoms with van der Waals surface area (Å²) in [7, 11) is 0. The van der Waals surface area contributed by atoms with Crippen LogP contribution in [0.2, 0.25) is 0 Å². The standard InChI is InChI=1S/C45H52N2O13/c1-45(2)35-7-3-5-33(43(48)46-31-9-11-37-39(29-31)58-27-23-54-19-15-50-13-17-52-21-25-56-37)41(35)60-42-34(6-4-8-36(42)45)44(49)47-32-10-12-38-40(30-32)59-28-24-55-20-16-51-14-18-53-22-26-57-38/h3-12,29-30H,13-28H2,1-2H3,(H,46,48)(H,47,49). The number of amides is 2. The number of rotatable bonds is 4. The number of hydrogen-bond donors (Lipinski definition) is 2. The van der Waals surface area contributed by atoms with Gasteiger partial charge in [-0.15, -0.1) is 0 Å². The maximum Gasteiger partial charge on any atom is 0.259 e. The van der Waals surface area contributed by atoms with Gasteiger partial charge in [0.15, 0.2) is 23.0 Å².